The van der Waals surface area contributed by atoms with Crippen molar-refractivity contribution in [3.63, 3.8) is 0 Å². The van der Waals surface area contributed by atoms with Gasteiger partial charge in [-0.25, -0.2) is 0 Å². The summed E-state index contributed by atoms with van der Waals surface area (Å²) >= 11 is 0. The highest BCUT2D eigenvalue weighted by atomic mass is 35.5. The average Bonchev–Trinajstić information content (AvgIpc) is 2.42. The second-order valence-corrected chi connectivity index (χ2v) is 5.67. The van der Waals surface area contributed by atoms with Crippen molar-refractivity contribution >= 4 is 18.3 Å². The average molecular weight is 297 g/mol. The van der Waals surface area contributed by atoms with Crippen molar-refractivity contribution in [2.24, 2.45) is 11.7 Å². The normalized spacial score (nSPS) is 23.5. The minimum absolute atomic E-state index is 0. The molecule has 3 N–H and O–H groups in total. The minimum Gasteiger partial charge on any atom is -0.352 e. The van der Waals surface area contributed by atoms with Crippen LogP contribution in [-0.4, -0.2) is 18.0 Å². The van der Waals surface area contributed by atoms with Crippen molar-refractivity contribution in [1.82, 2.24) is 5.32 Å². The van der Waals surface area contributed by atoms with Gasteiger partial charge in [0.05, 0.1) is 6.04 Å². The van der Waals surface area contributed by atoms with E-state index in [4.69, 9.17) is 5.73 Å². The van der Waals surface area contributed by atoms with Crippen molar-refractivity contribution in [1.29, 1.82) is 0 Å². The van der Waals surface area contributed by atoms with Crippen molar-refractivity contribution < 1.29 is 4.79 Å². The fraction of sp³-hybridized carbons (Fsp3) is 0.562. The maximum atomic E-state index is 12.1. The molecular formula is C16H25ClN2O. The molecule has 1 fully saturated rings. The molecule has 1 aliphatic carbocycles. The van der Waals surface area contributed by atoms with Gasteiger partial charge in [0, 0.05) is 6.04 Å². The smallest absolute Gasteiger partial charge is 0.237 e. The first kappa shape index (κ1) is 17.0. The SMILES string of the molecule is CC1CCCCC1NC(=O)[C@@H](N)Cc1ccccc1.Cl. The number of nitrogens with one attached hydrogen (secondary N) is 1. The number of benzene rings is 1. The number of carbonyl (C=O) groups is 1. The predicted octanol–water partition coefficient (Wildman–Crippen LogP) is 2.67. The van der Waals surface area contributed by atoms with E-state index in [2.05, 4.69) is 12.2 Å². The Labute approximate surface area is 127 Å². The summed E-state index contributed by atoms with van der Waals surface area (Å²) < 4.78 is 0. The highest BCUT2D eigenvalue weighted by Gasteiger charge is 2.24. The molecule has 0 radical (unpaired) electrons. The first-order valence-corrected chi connectivity index (χ1v) is 7.26. The third kappa shape index (κ3) is 4.80. The lowest BCUT2D eigenvalue weighted by molar-refractivity contribution is -0.123. The molecule has 4 heteroatoms. The first-order chi connectivity index (χ1) is 9.16. The van der Waals surface area contributed by atoms with Gasteiger partial charge >= 0.3 is 0 Å². The van der Waals surface area contributed by atoms with Crippen molar-refractivity contribution in [2.75, 3.05) is 0 Å². The molecule has 2 rings (SSSR count). The summed E-state index contributed by atoms with van der Waals surface area (Å²) in [7, 11) is 0. The highest BCUT2D eigenvalue weighted by molar-refractivity contribution is 5.85. The van der Waals surface area contributed by atoms with E-state index in [1.807, 2.05) is 30.3 Å². The topological polar surface area (TPSA) is 55.1 Å². The molecule has 0 bridgehead atoms. The monoisotopic (exact) mass is 296 g/mol. The highest BCUT2D eigenvalue weighted by Crippen LogP contribution is 2.23. The second-order valence-electron chi connectivity index (χ2n) is 5.67. The summed E-state index contributed by atoms with van der Waals surface area (Å²) in [6, 6.07) is 9.80. The molecule has 1 saturated carbocycles. The number of hydrogen-bond acceptors (Lipinski definition) is 2. The van der Waals surface area contributed by atoms with E-state index in [1.54, 1.807) is 0 Å². The predicted molar refractivity (Wildman–Crippen MR) is 84.9 cm³/mol. The molecule has 1 aromatic rings. The fourth-order valence-electron chi connectivity index (χ4n) is 2.78. The molecule has 0 spiro atoms. The summed E-state index contributed by atoms with van der Waals surface area (Å²) in [6.07, 6.45) is 5.39. The lowest BCUT2D eigenvalue weighted by Gasteiger charge is -2.30. The van der Waals surface area contributed by atoms with Gasteiger partial charge in [0.2, 0.25) is 5.91 Å². The summed E-state index contributed by atoms with van der Waals surface area (Å²) in [5, 5.41) is 3.12. The van der Waals surface area contributed by atoms with Crippen LogP contribution in [0, 0.1) is 5.92 Å². The number of carbonyl (C=O) groups excluding carboxylic acids is 1. The van der Waals surface area contributed by atoms with E-state index in [0.717, 1.165) is 12.0 Å². The van der Waals surface area contributed by atoms with Crippen LogP contribution in [0.1, 0.15) is 38.2 Å². The van der Waals surface area contributed by atoms with E-state index in [-0.39, 0.29) is 18.3 Å². The van der Waals surface area contributed by atoms with Crippen LogP contribution < -0.4 is 11.1 Å². The van der Waals surface area contributed by atoms with Gasteiger partial charge in [-0.1, -0.05) is 50.1 Å². The molecule has 112 valence electrons. The Morgan fingerprint density at radius 2 is 1.95 bits per heavy atom. The number of amides is 1. The summed E-state index contributed by atoms with van der Waals surface area (Å²) in [5.74, 6) is 0.559. The van der Waals surface area contributed by atoms with Gasteiger partial charge in [-0.15, -0.1) is 12.4 Å². The van der Waals surface area contributed by atoms with E-state index < -0.39 is 6.04 Å². The van der Waals surface area contributed by atoms with E-state index >= 15 is 0 Å². The summed E-state index contributed by atoms with van der Waals surface area (Å²) in [4.78, 5) is 12.1. The number of nitrogens with two attached hydrogens (primary N) is 1. The lowest BCUT2D eigenvalue weighted by Crippen LogP contribution is -2.49. The summed E-state index contributed by atoms with van der Waals surface area (Å²) in [6.45, 7) is 2.22. The molecule has 1 aromatic carbocycles. The van der Waals surface area contributed by atoms with Crippen LogP contribution in [0.5, 0.6) is 0 Å². The van der Waals surface area contributed by atoms with Gasteiger partial charge in [0.15, 0.2) is 0 Å². The molecule has 0 heterocycles. The van der Waals surface area contributed by atoms with E-state index in [9.17, 15) is 4.79 Å². The van der Waals surface area contributed by atoms with Crippen LogP contribution >= 0.6 is 12.4 Å². The zero-order valence-electron chi connectivity index (χ0n) is 12.0. The Morgan fingerprint density at radius 3 is 2.60 bits per heavy atom. The molecule has 0 saturated heterocycles. The van der Waals surface area contributed by atoms with Crippen LogP contribution in [0.4, 0.5) is 0 Å². The van der Waals surface area contributed by atoms with Gasteiger partial charge in [0.25, 0.3) is 0 Å². The van der Waals surface area contributed by atoms with Gasteiger partial charge in [-0.05, 0) is 30.7 Å². The Kier molecular flexibility index (Phi) is 7.03. The standard InChI is InChI=1S/C16H24N2O.ClH/c1-12-7-5-6-10-15(12)18-16(19)14(17)11-13-8-3-2-4-9-13;/h2-4,8-9,12,14-15H,5-7,10-11,17H2,1H3,(H,18,19);1H/t12?,14-,15?;/m0./s1. The van der Waals surface area contributed by atoms with E-state index in [0.29, 0.717) is 18.4 Å². The van der Waals surface area contributed by atoms with Crippen LogP contribution in [0.25, 0.3) is 0 Å². The molecule has 20 heavy (non-hydrogen) atoms. The Hall–Kier alpha value is -1.06. The van der Waals surface area contributed by atoms with Gasteiger partial charge in [-0.3, -0.25) is 4.79 Å². The van der Waals surface area contributed by atoms with E-state index in [1.165, 1.54) is 19.3 Å². The summed E-state index contributed by atoms with van der Waals surface area (Å²) in [5.41, 5.74) is 7.11. The minimum atomic E-state index is -0.448. The second kappa shape index (κ2) is 8.28. The molecule has 1 aliphatic rings. The van der Waals surface area contributed by atoms with Gasteiger partial charge < -0.3 is 11.1 Å². The number of rotatable bonds is 4. The van der Waals surface area contributed by atoms with Crippen LogP contribution in [0.2, 0.25) is 0 Å². The van der Waals surface area contributed by atoms with Gasteiger partial charge in [0.1, 0.15) is 0 Å². The quantitative estimate of drug-likeness (QED) is 0.897. The molecular weight excluding hydrogens is 272 g/mol. The maximum Gasteiger partial charge on any atom is 0.237 e. The maximum absolute atomic E-state index is 12.1. The van der Waals surface area contributed by atoms with Crippen molar-refractivity contribution in [3.8, 4) is 0 Å². The molecule has 3 atom stereocenters. The molecule has 0 aromatic heterocycles. The molecule has 0 aliphatic heterocycles. The van der Waals surface area contributed by atoms with Crippen LogP contribution in [0.3, 0.4) is 0 Å². The zero-order chi connectivity index (χ0) is 13.7. The lowest BCUT2D eigenvalue weighted by atomic mass is 9.86. The molecule has 1 amide bonds. The Morgan fingerprint density at radius 1 is 1.30 bits per heavy atom. The largest absolute Gasteiger partial charge is 0.352 e. The number of halogens is 1. The zero-order valence-corrected chi connectivity index (χ0v) is 12.9. The first-order valence-electron chi connectivity index (χ1n) is 7.26. The fourth-order valence-corrected chi connectivity index (χ4v) is 2.78. The Bertz CT molecular complexity index is 410. The van der Waals surface area contributed by atoms with Crippen LogP contribution in [-0.2, 0) is 11.2 Å². The van der Waals surface area contributed by atoms with Gasteiger partial charge in [-0.2, -0.15) is 0 Å². The third-order valence-corrected chi connectivity index (χ3v) is 4.07. The Balaban J connectivity index is 0.00000200. The van der Waals surface area contributed by atoms with Crippen LogP contribution in [0.15, 0.2) is 30.3 Å². The van der Waals surface area contributed by atoms with Crippen molar-refractivity contribution in [2.45, 2.75) is 51.1 Å². The molecule has 3 nitrogen and oxygen atoms in total. The van der Waals surface area contributed by atoms with Crippen molar-refractivity contribution in [3.05, 3.63) is 35.9 Å². The third-order valence-electron chi connectivity index (χ3n) is 4.07. The molecule has 2 unspecified atom stereocenters. The number of hydrogen-bond donors (Lipinski definition) is 2.